The largest absolute Gasteiger partial charge is 0.513 e. The van der Waals surface area contributed by atoms with E-state index in [4.69, 9.17) is 29.0 Å². The van der Waals surface area contributed by atoms with Crippen molar-refractivity contribution >= 4 is 18.1 Å². The van der Waals surface area contributed by atoms with Crippen LogP contribution < -0.4 is 0 Å². The summed E-state index contributed by atoms with van der Waals surface area (Å²) in [5.74, 6) is -4.43. The maximum absolute atomic E-state index is 14.1. The zero-order chi connectivity index (χ0) is 38.3. The highest BCUT2D eigenvalue weighted by atomic mass is 17.3. The molecule has 0 radical (unpaired) electrons. The van der Waals surface area contributed by atoms with Crippen molar-refractivity contribution in [3.63, 3.8) is 0 Å². The molecule has 2 aromatic rings. The summed E-state index contributed by atoms with van der Waals surface area (Å²) in [7, 11) is 0. The quantitative estimate of drug-likeness (QED) is 0.0906. The van der Waals surface area contributed by atoms with Crippen LogP contribution in [0.15, 0.2) is 48.5 Å². The number of hydrogen-bond donors (Lipinski definition) is 0. The van der Waals surface area contributed by atoms with Gasteiger partial charge in [0, 0.05) is 25.7 Å². The maximum atomic E-state index is 14.1. The molecule has 0 amide bonds. The van der Waals surface area contributed by atoms with Gasteiger partial charge in [-0.05, 0) is 73.9 Å². The summed E-state index contributed by atoms with van der Waals surface area (Å²) in [6.07, 6.45) is 22.1. The van der Waals surface area contributed by atoms with Crippen molar-refractivity contribution in [3.05, 3.63) is 70.8 Å². The standard InChI is InChI=1S/C45H66O9/c1-3-23-37-25-29-39(30-26-37)41(46)51-53-44(33-19-15-11-7-5-8-12-16-20-34-44)49-43(48)50-45(35-21-17-13-9-6-10-14-18-22-36-45)54-52-42(47)40-31-27-38(24-4-2)28-32-40/h25-32H,3-24,33-36H2,1-2H3. The van der Waals surface area contributed by atoms with Gasteiger partial charge in [0.25, 0.3) is 11.6 Å². The summed E-state index contributed by atoms with van der Waals surface area (Å²) in [6, 6.07) is 14.6. The van der Waals surface area contributed by atoms with E-state index in [1.807, 2.05) is 24.3 Å². The highest BCUT2D eigenvalue weighted by Crippen LogP contribution is 2.35. The predicted octanol–water partition coefficient (Wildman–Crippen LogP) is 12.6. The molecule has 2 saturated carbocycles. The molecule has 2 fully saturated rings. The molecule has 0 unspecified atom stereocenters. The summed E-state index contributed by atoms with van der Waals surface area (Å²) in [5.41, 5.74) is 2.97. The molecule has 0 aliphatic heterocycles. The zero-order valence-corrected chi connectivity index (χ0v) is 33.2. The van der Waals surface area contributed by atoms with Gasteiger partial charge < -0.3 is 9.47 Å². The van der Waals surface area contributed by atoms with Crippen molar-refractivity contribution in [3.8, 4) is 0 Å². The highest BCUT2D eigenvalue weighted by Gasteiger charge is 2.44. The molecular weight excluding hydrogens is 684 g/mol. The Hall–Kier alpha value is -3.43. The third-order valence-electron chi connectivity index (χ3n) is 10.8. The van der Waals surface area contributed by atoms with Crippen molar-refractivity contribution in [1.29, 1.82) is 0 Å². The molecule has 0 saturated heterocycles. The Labute approximate surface area is 324 Å². The van der Waals surface area contributed by atoms with E-state index >= 15 is 0 Å². The lowest BCUT2D eigenvalue weighted by Crippen LogP contribution is -2.44. The first kappa shape index (κ1) is 43.3. The second kappa shape index (κ2) is 24.2. The molecule has 4 rings (SSSR count). The smallest absolute Gasteiger partial charge is 0.398 e. The van der Waals surface area contributed by atoms with Gasteiger partial charge in [-0.3, -0.25) is 9.78 Å². The Morgan fingerprint density at radius 3 is 1.00 bits per heavy atom. The molecule has 9 nitrogen and oxygen atoms in total. The van der Waals surface area contributed by atoms with Gasteiger partial charge in [0.15, 0.2) is 0 Å². The first-order valence-electron chi connectivity index (χ1n) is 21.3. The summed E-state index contributed by atoms with van der Waals surface area (Å²) >= 11 is 0. The van der Waals surface area contributed by atoms with E-state index in [0.717, 1.165) is 114 Å². The van der Waals surface area contributed by atoms with Gasteiger partial charge in [0.1, 0.15) is 0 Å². The molecular formula is C45H66O9. The Balaban J connectivity index is 1.55. The van der Waals surface area contributed by atoms with Gasteiger partial charge in [0.05, 0.1) is 11.1 Å². The minimum atomic E-state index is -1.56. The molecule has 2 aliphatic rings. The van der Waals surface area contributed by atoms with Crippen molar-refractivity contribution in [2.45, 2.75) is 192 Å². The van der Waals surface area contributed by atoms with E-state index < -0.39 is 29.7 Å². The zero-order valence-electron chi connectivity index (χ0n) is 33.2. The minimum Gasteiger partial charge on any atom is -0.398 e. The molecule has 2 aromatic carbocycles. The second-order valence-electron chi connectivity index (χ2n) is 15.4. The fraction of sp³-hybridized carbons (Fsp3) is 0.667. The van der Waals surface area contributed by atoms with E-state index in [1.54, 1.807) is 24.3 Å². The van der Waals surface area contributed by atoms with Gasteiger partial charge >= 0.3 is 18.1 Å². The van der Waals surface area contributed by atoms with Crippen LogP contribution in [0.25, 0.3) is 0 Å². The van der Waals surface area contributed by atoms with Crippen LogP contribution in [0.3, 0.4) is 0 Å². The van der Waals surface area contributed by atoms with Gasteiger partial charge in [0.2, 0.25) is 0 Å². The van der Waals surface area contributed by atoms with Crippen LogP contribution in [0.5, 0.6) is 0 Å². The van der Waals surface area contributed by atoms with E-state index in [0.29, 0.717) is 62.5 Å². The lowest BCUT2D eigenvalue weighted by molar-refractivity contribution is -0.409. The van der Waals surface area contributed by atoms with Crippen LogP contribution in [-0.2, 0) is 41.9 Å². The van der Waals surface area contributed by atoms with Gasteiger partial charge in [-0.25, -0.2) is 14.4 Å². The number of benzene rings is 2. The summed E-state index contributed by atoms with van der Waals surface area (Å²) in [6.45, 7) is 4.22. The monoisotopic (exact) mass is 750 g/mol. The number of ether oxygens (including phenoxy) is 2. The summed E-state index contributed by atoms with van der Waals surface area (Å²) in [5, 5.41) is 0. The van der Waals surface area contributed by atoms with Crippen molar-refractivity contribution in [1.82, 2.24) is 0 Å². The molecule has 54 heavy (non-hydrogen) atoms. The third-order valence-corrected chi connectivity index (χ3v) is 10.8. The molecule has 300 valence electrons. The number of carbonyl (C=O) groups is 3. The SMILES string of the molecule is CCCc1ccc(C(=O)OOC2(OC(=O)OC3(OOC(=O)c4ccc(CCC)cc4)CCCCCCCCCCC3)CCCCCCCCCCC2)cc1. The molecule has 0 spiro atoms. The Morgan fingerprint density at radius 2 is 0.722 bits per heavy atom. The first-order chi connectivity index (χ1) is 26.4. The third kappa shape index (κ3) is 15.4. The number of aryl methyl sites for hydroxylation is 2. The van der Waals surface area contributed by atoms with Crippen LogP contribution in [-0.4, -0.2) is 29.7 Å². The van der Waals surface area contributed by atoms with Gasteiger partial charge in [-0.2, -0.15) is 0 Å². The average molecular weight is 751 g/mol. The molecule has 0 bridgehead atoms. The molecule has 0 aromatic heterocycles. The Morgan fingerprint density at radius 1 is 0.444 bits per heavy atom. The van der Waals surface area contributed by atoms with Crippen LogP contribution in [0.4, 0.5) is 4.79 Å². The van der Waals surface area contributed by atoms with Crippen LogP contribution in [0.2, 0.25) is 0 Å². The Bertz CT molecular complexity index is 1240. The van der Waals surface area contributed by atoms with Crippen molar-refractivity contribution in [2.24, 2.45) is 0 Å². The van der Waals surface area contributed by atoms with Crippen LogP contribution in [0.1, 0.15) is 200 Å². The van der Waals surface area contributed by atoms with Crippen molar-refractivity contribution < 1.29 is 43.4 Å². The maximum Gasteiger partial charge on any atom is 0.513 e. The Kier molecular flexibility index (Phi) is 19.4. The topological polar surface area (TPSA) is 107 Å². The lowest BCUT2D eigenvalue weighted by atomic mass is 9.97. The minimum absolute atomic E-state index is 0.335. The summed E-state index contributed by atoms with van der Waals surface area (Å²) < 4.78 is 12.3. The van der Waals surface area contributed by atoms with Gasteiger partial charge in [-0.1, -0.05) is 141 Å². The van der Waals surface area contributed by atoms with E-state index in [2.05, 4.69) is 13.8 Å². The molecule has 0 atom stereocenters. The fourth-order valence-electron chi connectivity index (χ4n) is 7.55. The number of rotatable bonds is 12. The van der Waals surface area contributed by atoms with Crippen molar-refractivity contribution in [2.75, 3.05) is 0 Å². The van der Waals surface area contributed by atoms with Crippen LogP contribution >= 0.6 is 0 Å². The molecule has 9 heteroatoms. The normalized spacial score (nSPS) is 19.0. The molecule has 0 N–H and O–H groups in total. The first-order valence-corrected chi connectivity index (χ1v) is 21.3. The summed E-state index contributed by atoms with van der Waals surface area (Å²) in [4.78, 5) is 63.4. The average Bonchev–Trinajstić information content (AvgIpc) is 3.16. The number of carbonyl (C=O) groups excluding carboxylic acids is 3. The predicted molar refractivity (Wildman–Crippen MR) is 208 cm³/mol. The van der Waals surface area contributed by atoms with Crippen LogP contribution in [0, 0.1) is 0 Å². The fourth-order valence-corrected chi connectivity index (χ4v) is 7.55. The molecule has 2 aliphatic carbocycles. The lowest BCUT2D eigenvalue weighted by Gasteiger charge is -2.35. The second-order valence-corrected chi connectivity index (χ2v) is 15.4. The van der Waals surface area contributed by atoms with E-state index in [-0.39, 0.29) is 0 Å². The van der Waals surface area contributed by atoms with E-state index in [9.17, 15) is 14.4 Å². The van der Waals surface area contributed by atoms with E-state index in [1.165, 1.54) is 12.8 Å². The molecule has 0 heterocycles. The van der Waals surface area contributed by atoms with Gasteiger partial charge in [-0.15, -0.1) is 9.78 Å². The number of hydrogen-bond acceptors (Lipinski definition) is 9. The highest BCUT2D eigenvalue weighted by molar-refractivity contribution is 5.89.